The van der Waals surface area contributed by atoms with Crippen LogP contribution in [0.15, 0.2) is 0 Å². The normalized spacial score (nSPS) is 12.2. The van der Waals surface area contributed by atoms with E-state index in [0.717, 1.165) is 0 Å². The Bertz CT molecular complexity index is 45.6. The Morgan fingerprint density at radius 1 is 1.80 bits per heavy atom. The van der Waals surface area contributed by atoms with Crippen LogP contribution in [0.5, 0.6) is 0 Å². The van der Waals surface area contributed by atoms with Crippen LogP contribution < -0.4 is 0 Å². The zero-order valence-electron chi connectivity index (χ0n) is 2.89. The van der Waals surface area contributed by atoms with Gasteiger partial charge in [-0.25, -0.2) is 0 Å². The third-order valence-corrected chi connectivity index (χ3v) is 0.485. The molecule has 0 aromatic carbocycles. The second kappa shape index (κ2) is 2.33. The van der Waals surface area contributed by atoms with E-state index >= 15 is 0 Å². The van der Waals surface area contributed by atoms with Crippen LogP contribution in [-0.4, -0.2) is 15.5 Å². The summed E-state index contributed by atoms with van der Waals surface area (Å²) >= 11 is 0. The third kappa shape index (κ3) is 4.09. The summed E-state index contributed by atoms with van der Waals surface area (Å²) in [6, 6.07) is 0. The molecule has 1 atom stereocenters. The minimum atomic E-state index is -0.414. The molecule has 5 heavy (non-hydrogen) atoms. The van der Waals surface area contributed by atoms with E-state index in [9.17, 15) is 0 Å². The van der Waals surface area contributed by atoms with Crippen LogP contribution in [0.1, 0.15) is 6.92 Å². The summed E-state index contributed by atoms with van der Waals surface area (Å²) in [7, 11) is -0.414. The minimum Gasteiger partial charge on any atom is -0.328 e. The first-order valence-electron chi connectivity index (χ1n) is 1.20. The number of hydrogen-bond donors (Lipinski definition) is 2. The monoisotopic (exact) mass is 93.0 g/mol. The van der Waals surface area contributed by atoms with E-state index in [0.29, 0.717) is 0 Å². The molecule has 2 N–H and O–H groups in total. The van der Waals surface area contributed by atoms with Gasteiger partial charge in [0.2, 0.25) is 5.48 Å². The van der Waals surface area contributed by atoms with Crippen molar-refractivity contribution < 1.29 is 10.00 Å². The molecule has 0 fully saturated rings. The molecule has 0 aliphatic heterocycles. The molecule has 2 nitrogen and oxygen atoms in total. The summed E-state index contributed by atoms with van der Waals surface area (Å²) in [5, 5.41) is 8.04. The zero-order chi connectivity index (χ0) is 4.28. The van der Waals surface area contributed by atoms with Crippen LogP contribution in [0, 0.1) is 0 Å². The summed E-state index contributed by atoms with van der Waals surface area (Å²) in [5.74, 6) is 0. The predicted molar refractivity (Wildman–Crippen MR) is 23.2 cm³/mol. The predicted octanol–water partition coefficient (Wildman–Crippen LogP) is 0.0945. The lowest BCUT2D eigenvalue weighted by Gasteiger charge is -1.59. The molecular weight excluding hydrogens is 87.0 g/mol. The lowest BCUT2D eigenvalue weighted by atomic mass is 10.9. The van der Waals surface area contributed by atoms with Gasteiger partial charge in [-0.05, 0) is 0 Å². The molecule has 0 radical (unpaired) electrons. The highest BCUT2D eigenvalue weighted by Gasteiger charge is 1.79. The average molecular weight is 93.0 g/mol. The maximum Gasteiger partial charge on any atom is 0.265 e. The molecule has 3 heteroatoms. The fraction of sp³-hybridized carbons (Fsp3) is 0.500. The highest BCUT2D eigenvalue weighted by atomic mass is 31.1. The van der Waals surface area contributed by atoms with Gasteiger partial charge in [-0.15, -0.1) is 0 Å². The van der Waals surface area contributed by atoms with E-state index in [2.05, 4.69) is 0 Å². The minimum absolute atomic E-state index is 0.0880. The molecule has 0 aliphatic rings. The van der Waals surface area contributed by atoms with Crippen LogP contribution in [-0.2, 0) is 0 Å². The highest BCUT2D eigenvalue weighted by molar-refractivity contribution is 7.33. The van der Waals surface area contributed by atoms with Gasteiger partial charge in [0.15, 0.2) is 0 Å². The lowest BCUT2D eigenvalue weighted by molar-refractivity contribution is 0.557. The van der Waals surface area contributed by atoms with Crippen molar-refractivity contribution in [2.24, 2.45) is 0 Å². The second-order valence-electron chi connectivity index (χ2n) is 0.697. The lowest BCUT2D eigenvalue weighted by Crippen LogP contribution is -1.75. The van der Waals surface area contributed by atoms with E-state index in [-0.39, 0.29) is 5.48 Å². The van der Waals surface area contributed by atoms with Crippen LogP contribution in [0.3, 0.4) is 0 Å². The first kappa shape index (κ1) is 5.09. The largest absolute Gasteiger partial charge is 0.328 e. The van der Waals surface area contributed by atoms with E-state index in [1.165, 1.54) is 6.92 Å². The molecule has 0 heterocycles. The van der Waals surface area contributed by atoms with Gasteiger partial charge >= 0.3 is 0 Å². The second-order valence-corrected chi connectivity index (χ2v) is 1.64. The molecule has 0 saturated heterocycles. The van der Waals surface area contributed by atoms with Gasteiger partial charge in [-0.1, -0.05) is 0 Å². The van der Waals surface area contributed by atoms with Crippen molar-refractivity contribution in [2.75, 3.05) is 0 Å². The van der Waals surface area contributed by atoms with E-state index < -0.39 is 8.43 Å². The Morgan fingerprint density at radius 3 is 2.00 bits per heavy atom. The summed E-state index contributed by atoms with van der Waals surface area (Å²) in [4.78, 5) is 7.88. The molecule has 0 bridgehead atoms. The van der Waals surface area contributed by atoms with Crippen molar-refractivity contribution in [2.45, 2.75) is 6.92 Å². The molecule has 0 amide bonds. The van der Waals surface area contributed by atoms with Crippen LogP contribution >= 0.6 is 8.43 Å². The van der Waals surface area contributed by atoms with Crippen molar-refractivity contribution in [1.82, 2.24) is 0 Å². The summed E-state index contributed by atoms with van der Waals surface area (Å²) in [5.41, 5.74) is 0.0880. The molecule has 0 aromatic rings. The first-order chi connectivity index (χ1) is 2.27. The van der Waals surface area contributed by atoms with Gasteiger partial charge in [-0.3, -0.25) is 0 Å². The first-order valence-corrected chi connectivity index (χ1v) is 2.14. The number of rotatable bonds is 0. The smallest absolute Gasteiger partial charge is 0.265 e. The number of aliphatic hydroxyl groups excluding tert-OH is 1. The standard InChI is InChI=1S/C2H5O2P/c1-2(3)5-4/h3-4H,1H3/p+1. The summed E-state index contributed by atoms with van der Waals surface area (Å²) < 4.78 is 0. The van der Waals surface area contributed by atoms with Gasteiger partial charge in [0.1, 0.15) is 0 Å². The molecule has 0 spiro atoms. The van der Waals surface area contributed by atoms with Gasteiger partial charge in [0.05, 0.1) is 0 Å². The Kier molecular flexibility index (Phi) is 2.38. The SMILES string of the molecule is CC(O)=[PH+]O. The average Bonchev–Trinajstić information content (AvgIpc) is 1.38. The van der Waals surface area contributed by atoms with Crippen molar-refractivity contribution in [3.8, 4) is 0 Å². The Labute approximate surface area is 32.0 Å². The van der Waals surface area contributed by atoms with Gasteiger partial charge < -0.3 is 5.11 Å². The summed E-state index contributed by atoms with van der Waals surface area (Å²) in [6.07, 6.45) is 0. The van der Waals surface area contributed by atoms with Gasteiger partial charge in [-0.2, -0.15) is 4.89 Å². The maximum atomic E-state index is 8.04. The highest BCUT2D eigenvalue weighted by Crippen LogP contribution is 1.82. The Morgan fingerprint density at radius 2 is 2.00 bits per heavy atom. The van der Waals surface area contributed by atoms with Crippen LogP contribution in [0.2, 0.25) is 0 Å². The Balaban J connectivity index is 3.14. The van der Waals surface area contributed by atoms with Crippen molar-refractivity contribution in [3.63, 3.8) is 0 Å². The zero-order valence-corrected chi connectivity index (χ0v) is 3.89. The fourth-order valence-electron chi connectivity index (χ4n) is 0. The topological polar surface area (TPSA) is 40.5 Å². The van der Waals surface area contributed by atoms with Gasteiger partial charge in [0, 0.05) is 6.92 Å². The molecule has 0 aliphatic carbocycles. The van der Waals surface area contributed by atoms with Crippen LogP contribution in [0.4, 0.5) is 0 Å². The molecule has 0 aromatic heterocycles. The fourth-order valence-corrected chi connectivity index (χ4v) is 0. The van der Waals surface area contributed by atoms with Gasteiger partial charge in [0.25, 0.3) is 8.43 Å². The van der Waals surface area contributed by atoms with Crippen molar-refractivity contribution >= 4 is 13.9 Å². The van der Waals surface area contributed by atoms with Crippen LogP contribution in [0.25, 0.3) is 0 Å². The number of hydrogen-bond acceptors (Lipinski definition) is 1. The Hall–Kier alpha value is 0.0900. The quantitative estimate of drug-likeness (QED) is 0.417. The maximum absolute atomic E-state index is 8.04. The molecule has 0 rings (SSSR count). The molecule has 30 valence electrons. The van der Waals surface area contributed by atoms with Crippen molar-refractivity contribution in [3.05, 3.63) is 0 Å². The molecule has 0 saturated carbocycles. The molecule has 1 unspecified atom stereocenters. The summed E-state index contributed by atoms with van der Waals surface area (Å²) in [6.45, 7) is 1.46. The number of aliphatic hydroxyl groups is 1. The van der Waals surface area contributed by atoms with E-state index in [1.807, 2.05) is 0 Å². The van der Waals surface area contributed by atoms with E-state index in [1.54, 1.807) is 0 Å². The molecular formula is C2H6O2P+. The van der Waals surface area contributed by atoms with E-state index in [4.69, 9.17) is 10.00 Å². The van der Waals surface area contributed by atoms with Crippen molar-refractivity contribution in [1.29, 1.82) is 0 Å². The third-order valence-electron chi connectivity index (χ3n) is 0.162.